The van der Waals surface area contributed by atoms with Gasteiger partial charge in [0.15, 0.2) is 0 Å². The van der Waals surface area contributed by atoms with E-state index >= 15 is 0 Å². The SMILES string of the molecule is CC1CCC(CNCC(C)CC(F)(F)F)CC1. The fourth-order valence-corrected chi connectivity index (χ4v) is 2.53. The Morgan fingerprint density at radius 1 is 1.18 bits per heavy atom. The van der Waals surface area contributed by atoms with E-state index in [0.717, 1.165) is 12.5 Å². The molecule has 17 heavy (non-hydrogen) atoms. The van der Waals surface area contributed by atoms with E-state index in [9.17, 15) is 13.2 Å². The molecule has 1 aliphatic carbocycles. The predicted molar refractivity (Wildman–Crippen MR) is 63.8 cm³/mol. The summed E-state index contributed by atoms with van der Waals surface area (Å²) in [6.45, 7) is 5.29. The third-order valence-electron chi connectivity index (χ3n) is 3.64. The molecule has 1 rings (SSSR count). The molecule has 0 aromatic rings. The lowest BCUT2D eigenvalue weighted by atomic mass is 9.83. The van der Waals surface area contributed by atoms with E-state index in [4.69, 9.17) is 0 Å². The average molecular weight is 251 g/mol. The summed E-state index contributed by atoms with van der Waals surface area (Å²) in [5.74, 6) is 1.18. The van der Waals surface area contributed by atoms with Gasteiger partial charge in [-0.15, -0.1) is 0 Å². The van der Waals surface area contributed by atoms with Crippen molar-refractivity contribution in [3.05, 3.63) is 0 Å². The molecule has 102 valence electrons. The van der Waals surface area contributed by atoms with Crippen LogP contribution in [-0.4, -0.2) is 19.3 Å². The fourth-order valence-electron chi connectivity index (χ4n) is 2.53. The highest BCUT2D eigenvalue weighted by Crippen LogP contribution is 2.28. The van der Waals surface area contributed by atoms with Gasteiger partial charge >= 0.3 is 6.18 Å². The lowest BCUT2D eigenvalue weighted by molar-refractivity contribution is -0.142. The van der Waals surface area contributed by atoms with Gasteiger partial charge in [-0.2, -0.15) is 13.2 Å². The van der Waals surface area contributed by atoms with Crippen molar-refractivity contribution in [3.8, 4) is 0 Å². The predicted octanol–water partition coefficient (Wildman–Crippen LogP) is 3.99. The molecule has 0 aromatic carbocycles. The Bertz CT molecular complexity index is 207. The molecule has 0 radical (unpaired) electrons. The Hall–Kier alpha value is -0.250. The molecule has 0 amide bonds. The number of hydrogen-bond acceptors (Lipinski definition) is 1. The van der Waals surface area contributed by atoms with Crippen LogP contribution in [0.2, 0.25) is 0 Å². The third-order valence-corrected chi connectivity index (χ3v) is 3.64. The zero-order chi connectivity index (χ0) is 12.9. The Labute approximate surface area is 102 Å². The van der Waals surface area contributed by atoms with Crippen LogP contribution in [0.15, 0.2) is 0 Å². The maximum Gasteiger partial charge on any atom is 0.389 e. The van der Waals surface area contributed by atoms with Gasteiger partial charge in [0, 0.05) is 6.42 Å². The van der Waals surface area contributed by atoms with Crippen molar-refractivity contribution < 1.29 is 13.2 Å². The average Bonchev–Trinajstić information content (AvgIpc) is 2.18. The van der Waals surface area contributed by atoms with E-state index in [1.165, 1.54) is 25.7 Å². The Morgan fingerprint density at radius 2 is 1.76 bits per heavy atom. The highest BCUT2D eigenvalue weighted by molar-refractivity contribution is 4.72. The molecule has 1 unspecified atom stereocenters. The van der Waals surface area contributed by atoms with E-state index in [2.05, 4.69) is 12.2 Å². The molecule has 1 atom stereocenters. The van der Waals surface area contributed by atoms with Crippen LogP contribution >= 0.6 is 0 Å². The van der Waals surface area contributed by atoms with Crippen LogP contribution in [0.25, 0.3) is 0 Å². The highest BCUT2D eigenvalue weighted by atomic mass is 19.4. The Morgan fingerprint density at radius 3 is 2.29 bits per heavy atom. The second-order valence-electron chi connectivity index (χ2n) is 5.71. The first-order chi connectivity index (χ1) is 7.87. The van der Waals surface area contributed by atoms with Crippen molar-refractivity contribution in [2.75, 3.05) is 13.1 Å². The molecule has 0 spiro atoms. The lowest BCUT2D eigenvalue weighted by Crippen LogP contribution is -2.30. The van der Waals surface area contributed by atoms with Crippen molar-refractivity contribution in [3.63, 3.8) is 0 Å². The maximum absolute atomic E-state index is 12.1. The van der Waals surface area contributed by atoms with Crippen LogP contribution < -0.4 is 5.32 Å². The fraction of sp³-hybridized carbons (Fsp3) is 1.00. The van der Waals surface area contributed by atoms with Crippen molar-refractivity contribution in [1.29, 1.82) is 0 Å². The normalized spacial score (nSPS) is 28.1. The molecule has 0 aliphatic heterocycles. The van der Waals surface area contributed by atoms with Gasteiger partial charge in [0.2, 0.25) is 0 Å². The van der Waals surface area contributed by atoms with Crippen LogP contribution in [0.4, 0.5) is 13.2 Å². The monoisotopic (exact) mass is 251 g/mol. The molecule has 1 saturated carbocycles. The van der Waals surface area contributed by atoms with Gasteiger partial charge in [-0.3, -0.25) is 0 Å². The van der Waals surface area contributed by atoms with Crippen molar-refractivity contribution in [2.45, 2.75) is 52.1 Å². The Balaban J connectivity index is 2.07. The molecular weight excluding hydrogens is 227 g/mol. The zero-order valence-corrected chi connectivity index (χ0v) is 10.8. The van der Waals surface area contributed by atoms with Gasteiger partial charge in [0.05, 0.1) is 0 Å². The summed E-state index contributed by atoms with van der Waals surface area (Å²) in [6.07, 6.45) is 0.279. The number of rotatable bonds is 5. The minimum absolute atomic E-state index is 0.322. The second kappa shape index (κ2) is 6.62. The molecule has 1 aliphatic rings. The number of hydrogen-bond donors (Lipinski definition) is 1. The molecular formula is C13H24F3N. The number of alkyl halides is 3. The first-order valence-corrected chi connectivity index (χ1v) is 6.64. The van der Waals surface area contributed by atoms with Crippen LogP contribution in [0.3, 0.4) is 0 Å². The summed E-state index contributed by atoms with van der Waals surface area (Å²) in [6, 6.07) is 0. The van der Waals surface area contributed by atoms with E-state index in [1.807, 2.05) is 0 Å². The van der Waals surface area contributed by atoms with Gasteiger partial charge < -0.3 is 5.32 Å². The van der Waals surface area contributed by atoms with E-state index in [-0.39, 0.29) is 5.92 Å². The van der Waals surface area contributed by atoms with Crippen LogP contribution in [-0.2, 0) is 0 Å². The van der Waals surface area contributed by atoms with Crippen molar-refractivity contribution in [2.24, 2.45) is 17.8 Å². The van der Waals surface area contributed by atoms with Crippen LogP contribution in [0.1, 0.15) is 46.0 Å². The summed E-state index contributed by atoms with van der Waals surface area (Å²) < 4.78 is 36.3. The summed E-state index contributed by atoms with van der Waals surface area (Å²) in [4.78, 5) is 0. The smallest absolute Gasteiger partial charge is 0.316 e. The molecule has 0 heterocycles. The molecule has 0 saturated heterocycles. The molecule has 1 N–H and O–H groups in total. The van der Waals surface area contributed by atoms with Crippen molar-refractivity contribution >= 4 is 0 Å². The minimum Gasteiger partial charge on any atom is -0.316 e. The van der Waals surface area contributed by atoms with E-state index < -0.39 is 12.6 Å². The molecule has 0 bridgehead atoms. The van der Waals surface area contributed by atoms with Gasteiger partial charge in [-0.05, 0) is 43.7 Å². The highest BCUT2D eigenvalue weighted by Gasteiger charge is 2.29. The number of nitrogens with one attached hydrogen (secondary N) is 1. The topological polar surface area (TPSA) is 12.0 Å². The first-order valence-electron chi connectivity index (χ1n) is 6.64. The molecule has 1 nitrogen and oxygen atoms in total. The van der Waals surface area contributed by atoms with Gasteiger partial charge in [0.25, 0.3) is 0 Å². The third kappa shape index (κ3) is 6.92. The first kappa shape index (κ1) is 14.8. The zero-order valence-electron chi connectivity index (χ0n) is 10.8. The van der Waals surface area contributed by atoms with Crippen LogP contribution in [0, 0.1) is 17.8 Å². The minimum atomic E-state index is -4.03. The van der Waals surface area contributed by atoms with Crippen molar-refractivity contribution in [1.82, 2.24) is 5.32 Å². The van der Waals surface area contributed by atoms with Gasteiger partial charge in [-0.1, -0.05) is 26.7 Å². The molecule has 0 aromatic heterocycles. The molecule has 4 heteroatoms. The Kier molecular flexibility index (Phi) is 5.77. The summed E-state index contributed by atoms with van der Waals surface area (Å²) >= 11 is 0. The maximum atomic E-state index is 12.1. The van der Waals surface area contributed by atoms with Crippen LogP contribution in [0.5, 0.6) is 0 Å². The van der Waals surface area contributed by atoms with E-state index in [0.29, 0.717) is 12.5 Å². The van der Waals surface area contributed by atoms with Gasteiger partial charge in [0.1, 0.15) is 0 Å². The number of halogens is 3. The summed E-state index contributed by atoms with van der Waals surface area (Å²) in [5.41, 5.74) is 0. The standard InChI is InChI=1S/C13H24F3N/c1-10-3-5-12(6-4-10)9-17-8-11(2)7-13(14,15)16/h10-12,17H,3-9H2,1-2H3. The quantitative estimate of drug-likeness (QED) is 0.779. The van der Waals surface area contributed by atoms with Gasteiger partial charge in [-0.25, -0.2) is 0 Å². The summed E-state index contributed by atoms with van der Waals surface area (Å²) in [5, 5.41) is 3.19. The summed E-state index contributed by atoms with van der Waals surface area (Å²) in [7, 11) is 0. The molecule has 1 fully saturated rings. The second-order valence-corrected chi connectivity index (χ2v) is 5.71. The largest absolute Gasteiger partial charge is 0.389 e. The lowest BCUT2D eigenvalue weighted by Gasteiger charge is -2.26. The van der Waals surface area contributed by atoms with E-state index in [1.54, 1.807) is 6.92 Å².